The maximum Gasteiger partial charge on any atom is 0.273 e. The van der Waals surface area contributed by atoms with E-state index in [4.69, 9.17) is 9.84 Å². The zero-order valence-electron chi connectivity index (χ0n) is 14.3. The number of hydrogen-bond donors (Lipinski definition) is 0. The minimum atomic E-state index is 0.100. The molecule has 5 rings (SSSR count). The predicted octanol–water partition coefficient (Wildman–Crippen LogP) is 3.14. The van der Waals surface area contributed by atoms with Crippen LogP contribution in [-0.4, -0.2) is 45.9 Å². The lowest BCUT2D eigenvalue weighted by molar-refractivity contribution is -0.0448. The first-order valence-corrected chi connectivity index (χ1v) is 9.39. The Morgan fingerprint density at radius 2 is 1.96 bits per heavy atom. The smallest absolute Gasteiger partial charge is 0.273 e. The second-order valence-electron chi connectivity index (χ2n) is 7.38. The van der Waals surface area contributed by atoms with Crippen LogP contribution in [0.25, 0.3) is 5.69 Å². The van der Waals surface area contributed by atoms with Gasteiger partial charge in [0, 0.05) is 12.5 Å². The third-order valence-electron chi connectivity index (χ3n) is 5.69. The molecule has 1 aromatic heterocycles. The fourth-order valence-corrected chi connectivity index (χ4v) is 4.22. The normalized spacial score (nSPS) is 25.8. The third kappa shape index (κ3) is 2.67. The van der Waals surface area contributed by atoms with Crippen LogP contribution in [0.1, 0.15) is 54.2 Å². The van der Waals surface area contributed by atoms with Crippen LogP contribution in [0.5, 0.6) is 0 Å². The van der Waals surface area contributed by atoms with Crippen molar-refractivity contribution in [2.75, 3.05) is 13.2 Å². The van der Waals surface area contributed by atoms with Crippen molar-refractivity contribution >= 4 is 5.91 Å². The second-order valence-corrected chi connectivity index (χ2v) is 7.38. The average molecular weight is 337 g/mol. The molecule has 2 aromatic rings. The molecule has 130 valence electrons. The van der Waals surface area contributed by atoms with Crippen molar-refractivity contribution in [1.82, 2.24) is 14.7 Å². The molecule has 5 nitrogen and oxygen atoms in total. The fraction of sp³-hybridized carbons (Fsp3) is 0.500. The molecule has 0 unspecified atom stereocenters. The molecule has 0 spiro atoms. The molecule has 1 aromatic carbocycles. The number of ether oxygens (including phenoxy) is 1. The van der Waals surface area contributed by atoms with Gasteiger partial charge in [-0.2, -0.15) is 5.10 Å². The summed E-state index contributed by atoms with van der Waals surface area (Å²) < 4.78 is 7.71. The van der Waals surface area contributed by atoms with Gasteiger partial charge in [0.15, 0.2) is 0 Å². The van der Waals surface area contributed by atoms with Gasteiger partial charge in [0.25, 0.3) is 5.91 Å². The minimum Gasteiger partial charge on any atom is -0.374 e. The van der Waals surface area contributed by atoms with Crippen molar-refractivity contribution in [3.05, 3.63) is 47.8 Å². The molecule has 1 saturated heterocycles. The summed E-state index contributed by atoms with van der Waals surface area (Å²) in [5.41, 5.74) is 2.71. The van der Waals surface area contributed by atoms with Crippen LogP contribution in [0, 0.1) is 0 Å². The number of morpholine rings is 1. The van der Waals surface area contributed by atoms with E-state index >= 15 is 0 Å². The largest absolute Gasteiger partial charge is 0.374 e. The maximum absolute atomic E-state index is 13.4. The zero-order chi connectivity index (χ0) is 16.8. The summed E-state index contributed by atoms with van der Waals surface area (Å²) in [7, 11) is 0. The van der Waals surface area contributed by atoms with E-state index < -0.39 is 0 Å². The van der Waals surface area contributed by atoms with Crippen LogP contribution in [0.2, 0.25) is 0 Å². The lowest BCUT2D eigenvalue weighted by Gasteiger charge is -2.37. The highest BCUT2D eigenvalue weighted by molar-refractivity contribution is 5.93. The Morgan fingerprint density at radius 1 is 1.12 bits per heavy atom. The van der Waals surface area contributed by atoms with Gasteiger partial charge in [-0.1, -0.05) is 18.2 Å². The van der Waals surface area contributed by atoms with Gasteiger partial charge < -0.3 is 9.64 Å². The molecule has 2 atom stereocenters. The number of carbonyl (C=O) groups excluding carboxylic acids is 1. The number of aromatic nitrogens is 2. The summed E-state index contributed by atoms with van der Waals surface area (Å²) in [4.78, 5) is 15.4. The highest BCUT2D eigenvalue weighted by atomic mass is 16.5. The van der Waals surface area contributed by atoms with Gasteiger partial charge in [0.1, 0.15) is 5.69 Å². The van der Waals surface area contributed by atoms with Crippen molar-refractivity contribution in [2.45, 2.75) is 50.2 Å². The monoisotopic (exact) mass is 337 g/mol. The second kappa shape index (κ2) is 5.99. The SMILES string of the molecule is O=C(c1cc(C2CC2)nn1-c1ccccc1)N1CCO[C@@H]2CCC[C@H]21. The number of nitrogens with zero attached hydrogens (tertiary/aromatic N) is 3. The Morgan fingerprint density at radius 3 is 2.76 bits per heavy atom. The highest BCUT2D eigenvalue weighted by Crippen LogP contribution is 2.40. The van der Waals surface area contributed by atoms with Crippen molar-refractivity contribution in [2.24, 2.45) is 0 Å². The van der Waals surface area contributed by atoms with Crippen molar-refractivity contribution < 1.29 is 9.53 Å². The Balaban J connectivity index is 1.52. The molecular weight excluding hydrogens is 314 g/mol. The maximum atomic E-state index is 13.4. The quantitative estimate of drug-likeness (QED) is 0.864. The number of hydrogen-bond acceptors (Lipinski definition) is 3. The van der Waals surface area contributed by atoms with Crippen LogP contribution < -0.4 is 0 Å². The van der Waals surface area contributed by atoms with Gasteiger partial charge in [-0.15, -0.1) is 0 Å². The molecule has 0 N–H and O–H groups in total. The van der Waals surface area contributed by atoms with Gasteiger partial charge >= 0.3 is 0 Å². The average Bonchev–Trinajstić information content (AvgIpc) is 3.22. The van der Waals surface area contributed by atoms with Crippen LogP contribution in [0.4, 0.5) is 0 Å². The van der Waals surface area contributed by atoms with E-state index in [9.17, 15) is 4.79 Å². The summed E-state index contributed by atoms with van der Waals surface area (Å²) in [5, 5.41) is 4.78. The predicted molar refractivity (Wildman–Crippen MR) is 94.0 cm³/mol. The molecule has 2 aliphatic carbocycles. The number of fused-ring (bicyclic) bond motifs is 1. The minimum absolute atomic E-state index is 0.100. The van der Waals surface area contributed by atoms with Crippen molar-refractivity contribution in [1.29, 1.82) is 0 Å². The lowest BCUT2D eigenvalue weighted by Crippen LogP contribution is -2.51. The van der Waals surface area contributed by atoms with E-state index in [0.717, 1.165) is 30.6 Å². The van der Waals surface area contributed by atoms with E-state index in [1.807, 2.05) is 46.0 Å². The number of benzene rings is 1. The molecule has 2 saturated carbocycles. The van der Waals surface area contributed by atoms with Crippen LogP contribution in [0.3, 0.4) is 0 Å². The number of amides is 1. The Hall–Kier alpha value is -2.14. The molecule has 3 fully saturated rings. The molecule has 2 heterocycles. The van der Waals surface area contributed by atoms with E-state index in [1.165, 1.54) is 12.8 Å². The molecule has 25 heavy (non-hydrogen) atoms. The molecule has 1 amide bonds. The molecule has 5 heteroatoms. The molecule has 3 aliphatic rings. The zero-order valence-corrected chi connectivity index (χ0v) is 14.3. The van der Waals surface area contributed by atoms with Gasteiger partial charge in [0.05, 0.1) is 30.1 Å². The van der Waals surface area contributed by atoms with E-state index in [2.05, 4.69) is 0 Å². The van der Waals surface area contributed by atoms with Gasteiger partial charge in [0.2, 0.25) is 0 Å². The first kappa shape index (κ1) is 15.1. The Labute approximate surface area is 147 Å². The van der Waals surface area contributed by atoms with Crippen LogP contribution in [0.15, 0.2) is 36.4 Å². The number of carbonyl (C=O) groups is 1. The molecule has 1 aliphatic heterocycles. The van der Waals surface area contributed by atoms with Gasteiger partial charge in [-0.05, 0) is 50.3 Å². The van der Waals surface area contributed by atoms with Crippen molar-refractivity contribution in [3.63, 3.8) is 0 Å². The summed E-state index contributed by atoms with van der Waals surface area (Å²) in [6.07, 6.45) is 5.84. The van der Waals surface area contributed by atoms with E-state index in [0.29, 0.717) is 24.8 Å². The van der Waals surface area contributed by atoms with Gasteiger partial charge in [-0.25, -0.2) is 4.68 Å². The standard InChI is InChI=1S/C20H23N3O2/c24-20(22-11-12-25-19-8-4-7-17(19)22)18-13-16(14-9-10-14)21-23(18)15-5-2-1-3-6-15/h1-3,5-6,13-14,17,19H,4,7-12H2/t17-,19-/m1/s1. The number of para-hydroxylation sites is 1. The third-order valence-corrected chi connectivity index (χ3v) is 5.69. The topological polar surface area (TPSA) is 47.4 Å². The molecule has 0 radical (unpaired) electrons. The molecular formula is C20H23N3O2. The van der Waals surface area contributed by atoms with E-state index in [-0.39, 0.29) is 18.1 Å². The first-order valence-electron chi connectivity index (χ1n) is 9.39. The van der Waals surface area contributed by atoms with Crippen LogP contribution in [-0.2, 0) is 4.74 Å². The Kier molecular flexibility index (Phi) is 3.63. The summed E-state index contributed by atoms with van der Waals surface area (Å²) in [5.74, 6) is 0.629. The fourth-order valence-electron chi connectivity index (χ4n) is 4.22. The lowest BCUT2D eigenvalue weighted by atomic mass is 10.1. The van der Waals surface area contributed by atoms with Crippen molar-refractivity contribution in [3.8, 4) is 5.69 Å². The van der Waals surface area contributed by atoms with E-state index in [1.54, 1.807) is 0 Å². The number of rotatable bonds is 3. The first-order chi connectivity index (χ1) is 12.3. The van der Waals surface area contributed by atoms with Crippen LogP contribution >= 0.6 is 0 Å². The summed E-state index contributed by atoms with van der Waals surface area (Å²) >= 11 is 0. The van der Waals surface area contributed by atoms with Gasteiger partial charge in [-0.3, -0.25) is 4.79 Å². The summed E-state index contributed by atoms with van der Waals surface area (Å²) in [6, 6.07) is 12.2. The Bertz CT molecular complexity index is 781. The highest BCUT2D eigenvalue weighted by Gasteiger charge is 2.40. The summed E-state index contributed by atoms with van der Waals surface area (Å²) in [6.45, 7) is 1.32. The molecule has 0 bridgehead atoms.